The highest BCUT2D eigenvalue weighted by molar-refractivity contribution is 5.97. The number of benzene rings is 1. The van der Waals surface area contributed by atoms with E-state index in [9.17, 15) is 22.4 Å². The van der Waals surface area contributed by atoms with Crippen LogP contribution in [0.4, 0.5) is 23.2 Å². The maximum atomic E-state index is 12.8. The van der Waals surface area contributed by atoms with E-state index < -0.39 is 18.3 Å². The van der Waals surface area contributed by atoms with Crippen LogP contribution >= 0.6 is 12.4 Å². The van der Waals surface area contributed by atoms with E-state index >= 15 is 0 Å². The predicted octanol–water partition coefficient (Wildman–Crippen LogP) is 3.06. The first-order valence-corrected chi connectivity index (χ1v) is 5.65. The van der Waals surface area contributed by atoms with Gasteiger partial charge in [0.25, 0.3) is 0 Å². The maximum Gasteiger partial charge on any atom is 0.383 e. The Bertz CT molecular complexity index is 443. The van der Waals surface area contributed by atoms with Crippen LogP contribution in [0.3, 0.4) is 0 Å². The van der Waals surface area contributed by atoms with Crippen LogP contribution in [0, 0.1) is 0 Å². The van der Waals surface area contributed by atoms with Crippen molar-refractivity contribution in [1.29, 1.82) is 0 Å². The average Bonchev–Trinajstić information content (AvgIpc) is 2.37. The first-order chi connectivity index (χ1) is 8.89. The van der Waals surface area contributed by atoms with E-state index in [2.05, 4.69) is 5.32 Å². The fraction of sp³-hybridized carbons (Fsp3) is 0.417. The molecular weight excluding hydrogens is 300 g/mol. The quantitative estimate of drug-likeness (QED) is 0.792. The molecule has 0 fully saturated rings. The molecule has 0 bridgehead atoms. The summed E-state index contributed by atoms with van der Waals surface area (Å²) < 4.78 is 49.8. The van der Waals surface area contributed by atoms with Crippen LogP contribution in [0.5, 0.6) is 0 Å². The second kappa shape index (κ2) is 8.06. The largest absolute Gasteiger partial charge is 0.383 e. The molecule has 0 atom stereocenters. The molecule has 3 nitrogen and oxygen atoms in total. The molecule has 0 aliphatic carbocycles. The van der Waals surface area contributed by atoms with Gasteiger partial charge < -0.3 is 10.6 Å². The second-order valence-corrected chi connectivity index (χ2v) is 3.82. The van der Waals surface area contributed by atoms with Crippen molar-refractivity contribution in [2.24, 2.45) is 0 Å². The summed E-state index contributed by atoms with van der Waals surface area (Å²) >= 11 is 0. The zero-order valence-corrected chi connectivity index (χ0v) is 11.4. The number of nitrogens with one attached hydrogen (secondary N) is 2. The molecule has 0 radical (unpaired) electrons. The summed E-state index contributed by atoms with van der Waals surface area (Å²) in [5, 5.41) is 4.78. The number of carbonyl (C=O) groups excluding carboxylic acids is 1. The molecule has 0 saturated carbocycles. The topological polar surface area (TPSA) is 41.1 Å². The third-order valence-electron chi connectivity index (χ3n) is 2.41. The van der Waals surface area contributed by atoms with Crippen LogP contribution < -0.4 is 10.6 Å². The lowest BCUT2D eigenvalue weighted by atomic mass is 10.1. The van der Waals surface area contributed by atoms with Crippen LogP contribution in [-0.4, -0.2) is 24.8 Å². The van der Waals surface area contributed by atoms with Gasteiger partial charge in [0.05, 0.1) is 0 Å². The summed E-state index contributed by atoms with van der Waals surface area (Å²) in [6, 6.07) is 6.17. The molecule has 1 amide bonds. The third kappa shape index (κ3) is 4.64. The number of carbonyl (C=O) groups is 1. The Labute approximate surface area is 120 Å². The normalized spacial score (nSPS) is 11.1. The van der Waals surface area contributed by atoms with Crippen molar-refractivity contribution in [3.05, 3.63) is 29.8 Å². The van der Waals surface area contributed by atoms with Crippen molar-refractivity contribution < 1.29 is 22.4 Å². The van der Waals surface area contributed by atoms with Gasteiger partial charge in [-0.05, 0) is 18.2 Å². The van der Waals surface area contributed by atoms with Gasteiger partial charge in [-0.1, -0.05) is 25.1 Å². The van der Waals surface area contributed by atoms with Gasteiger partial charge in [0.15, 0.2) is 0 Å². The van der Waals surface area contributed by atoms with Gasteiger partial charge >= 0.3 is 18.3 Å². The van der Waals surface area contributed by atoms with Gasteiger partial charge in [-0.25, -0.2) is 8.78 Å². The predicted molar refractivity (Wildman–Crippen MR) is 70.7 cm³/mol. The zero-order valence-electron chi connectivity index (χ0n) is 10.6. The molecule has 2 N–H and O–H groups in total. The minimum absolute atomic E-state index is 0. The van der Waals surface area contributed by atoms with Gasteiger partial charge in [-0.15, -0.1) is 12.4 Å². The number of rotatable bonds is 6. The number of anilines is 1. The Hall–Kier alpha value is -1.34. The van der Waals surface area contributed by atoms with Crippen molar-refractivity contribution in [3.8, 4) is 0 Å². The maximum absolute atomic E-state index is 12.8. The lowest BCUT2D eigenvalue weighted by molar-refractivity contribution is -0.163. The number of amides is 1. The fourth-order valence-corrected chi connectivity index (χ4v) is 1.36. The highest BCUT2D eigenvalue weighted by Gasteiger charge is 2.49. The molecule has 0 heterocycles. The lowest BCUT2D eigenvalue weighted by Gasteiger charge is -2.16. The molecule has 1 rings (SSSR count). The number of halogens is 5. The van der Waals surface area contributed by atoms with Gasteiger partial charge in [-0.2, -0.15) is 8.78 Å². The molecule has 1 aromatic rings. The van der Waals surface area contributed by atoms with Gasteiger partial charge in [0.1, 0.15) is 0 Å². The van der Waals surface area contributed by atoms with Crippen LogP contribution in [0.1, 0.15) is 12.5 Å². The van der Waals surface area contributed by atoms with Crippen LogP contribution in [-0.2, 0) is 11.3 Å². The molecule has 8 heteroatoms. The van der Waals surface area contributed by atoms with E-state index in [4.69, 9.17) is 0 Å². The first kappa shape index (κ1) is 18.7. The Morgan fingerprint density at radius 3 is 2.45 bits per heavy atom. The van der Waals surface area contributed by atoms with Crippen molar-refractivity contribution >= 4 is 24.0 Å². The fourth-order valence-electron chi connectivity index (χ4n) is 1.36. The number of alkyl halides is 4. The minimum Gasteiger partial charge on any atom is -0.320 e. The summed E-state index contributed by atoms with van der Waals surface area (Å²) in [6.45, 7) is 2.84. The van der Waals surface area contributed by atoms with Crippen molar-refractivity contribution in [2.45, 2.75) is 25.8 Å². The molecule has 20 heavy (non-hydrogen) atoms. The second-order valence-electron chi connectivity index (χ2n) is 3.82. The minimum atomic E-state index is -4.70. The Balaban J connectivity index is 0.00000361. The Kier molecular flexibility index (Phi) is 7.52. The van der Waals surface area contributed by atoms with E-state index in [0.29, 0.717) is 18.7 Å². The smallest absolute Gasteiger partial charge is 0.320 e. The molecule has 0 aliphatic heterocycles. The van der Waals surface area contributed by atoms with E-state index in [1.807, 2.05) is 12.2 Å². The van der Waals surface area contributed by atoms with Crippen LogP contribution in [0.2, 0.25) is 0 Å². The number of hydrogen-bond donors (Lipinski definition) is 2. The van der Waals surface area contributed by atoms with Crippen LogP contribution in [0.15, 0.2) is 24.3 Å². The van der Waals surface area contributed by atoms with E-state index in [1.165, 1.54) is 12.1 Å². The highest BCUT2D eigenvalue weighted by Crippen LogP contribution is 2.25. The summed E-state index contributed by atoms with van der Waals surface area (Å²) in [4.78, 5) is 11.1. The lowest BCUT2D eigenvalue weighted by Crippen LogP contribution is -2.41. The number of para-hydroxylation sites is 1. The molecule has 1 aromatic carbocycles. The SMILES string of the molecule is CCNCc1ccccc1NC(=O)C(F)(F)C(F)F.Cl. The van der Waals surface area contributed by atoms with Crippen LogP contribution in [0.25, 0.3) is 0 Å². The molecule has 0 aromatic heterocycles. The molecule has 0 spiro atoms. The van der Waals surface area contributed by atoms with E-state index in [0.717, 1.165) is 0 Å². The summed E-state index contributed by atoms with van der Waals surface area (Å²) in [5.74, 6) is -6.71. The van der Waals surface area contributed by atoms with Gasteiger partial charge in [-0.3, -0.25) is 4.79 Å². The van der Waals surface area contributed by atoms with Crippen molar-refractivity contribution in [2.75, 3.05) is 11.9 Å². The van der Waals surface area contributed by atoms with Crippen molar-refractivity contribution in [1.82, 2.24) is 5.32 Å². The summed E-state index contributed by atoms with van der Waals surface area (Å²) in [5.41, 5.74) is 0.636. The summed E-state index contributed by atoms with van der Waals surface area (Å²) in [7, 11) is 0. The van der Waals surface area contributed by atoms with Gasteiger partial charge in [0, 0.05) is 12.2 Å². The highest BCUT2D eigenvalue weighted by atomic mass is 35.5. The standard InChI is InChI=1S/C12H14F4N2O.ClH/c1-2-17-7-8-5-3-4-6-9(8)18-11(19)12(15,16)10(13)14;/h3-6,10,17H,2,7H2,1H3,(H,18,19);1H. The molecule has 0 unspecified atom stereocenters. The first-order valence-electron chi connectivity index (χ1n) is 5.65. The molecule has 0 saturated heterocycles. The van der Waals surface area contributed by atoms with Crippen molar-refractivity contribution in [3.63, 3.8) is 0 Å². The molecule has 0 aliphatic rings. The molecule has 114 valence electrons. The summed E-state index contributed by atoms with van der Waals surface area (Å²) in [6.07, 6.45) is -4.03. The average molecular weight is 315 g/mol. The van der Waals surface area contributed by atoms with E-state index in [-0.39, 0.29) is 18.1 Å². The monoisotopic (exact) mass is 314 g/mol. The number of hydrogen-bond acceptors (Lipinski definition) is 2. The van der Waals surface area contributed by atoms with Gasteiger partial charge in [0.2, 0.25) is 0 Å². The Morgan fingerprint density at radius 1 is 1.30 bits per heavy atom. The molecular formula is C12H15ClF4N2O. The third-order valence-corrected chi connectivity index (χ3v) is 2.41. The van der Waals surface area contributed by atoms with E-state index in [1.54, 1.807) is 12.1 Å². The Morgan fingerprint density at radius 2 is 1.90 bits per heavy atom. The zero-order chi connectivity index (χ0) is 14.5.